The zero-order chi connectivity index (χ0) is 18.0. The van der Waals surface area contributed by atoms with Crippen LogP contribution in [0, 0.1) is 5.92 Å². The number of carbonyl (C=O) groups is 1. The standard InChI is InChI=1S/C17H26N4O3S/c1-3-21(15-6-9-25(23,24)12-15)17-18-10-14(11-19-17)16(22)20-7-4-13(2)5-8-20/h10-11,13,15H,3-9,12H2,1-2H3. The van der Waals surface area contributed by atoms with Gasteiger partial charge in [-0.25, -0.2) is 18.4 Å². The van der Waals surface area contributed by atoms with E-state index in [0.717, 1.165) is 25.9 Å². The summed E-state index contributed by atoms with van der Waals surface area (Å²) in [6, 6.07) is -0.0832. The molecule has 0 radical (unpaired) electrons. The molecular formula is C17H26N4O3S. The topological polar surface area (TPSA) is 83.5 Å². The lowest BCUT2D eigenvalue weighted by Gasteiger charge is -2.30. The van der Waals surface area contributed by atoms with Crippen molar-refractivity contribution in [2.45, 2.75) is 39.2 Å². The lowest BCUT2D eigenvalue weighted by atomic mass is 9.99. The van der Waals surface area contributed by atoms with E-state index in [9.17, 15) is 13.2 Å². The van der Waals surface area contributed by atoms with Gasteiger partial charge in [0, 0.05) is 38.1 Å². The Bertz CT molecular complexity index is 712. The number of piperidine rings is 1. The molecule has 7 nitrogen and oxygen atoms in total. The minimum absolute atomic E-state index is 0.0232. The van der Waals surface area contributed by atoms with Crippen molar-refractivity contribution in [2.75, 3.05) is 36.0 Å². The van der Waals surface area contributed by atoms with Crippen LogP contribution in [0.25, 0.3) is 0 Å². The highest BCUT2D eigenvalue weighted by Gasteiger charge is 2.33. The third kappa shape index (κ3) is 4.11. The lowest BCUT2D eigenvalue weighted by molar-refractivity contribution is 0.0696. The van der Waals surface area contributed by atoms with Crippen molar-refractivity contribution >= 4 is 21.7 Å². The molecule has 1 aromatic heterocycles. The van der Waals surface area contributed by atoms with Gasteiger partial charge in [0.05, 0.1) is 17.1 Å². The third-order valence-corrected chi connectivity index (χ3v) is 6.95. The molecule has 0 aromatic carbocycles. The zero-order valence-electron chi connectivity index (χ0n) is 14.9. The van der Waals surface area contributed by atoms with Crippen LogP contribution < -0.4 is 4.90 Å². The molecular weight excluding hydrogens is 340 g/mol. The first kappa shape index (κ1) is 18.1. The molecule has 1 unspecified atom stereocenters. The summed E-state index contributed by atoms with van der Waals surface area (Å²) in [6.45, 7) is 6.37. The Morgan fingerprint density at radius 2 is 1.88 bits per heavy atom. The summed E-state index contributed by atoms with van der Waals surface area (Å²) in [7, 11) is -2.96. The van der Waals surface area contributed by atoms with Gasteiger partial charge in [0.1, 0.15) is 0 Å². The minimum Gasteiger partial charge on any atom is -0.339 e. The number of aromatic nitrogens is 2. The van der Waals surface area contributed by atoms with Gasteiger partial charge in [0.25, 0.3) is 5.91 Å². The van der Waals surface area contributed by atoms with Crippen LogP contribution in [-0.2, 0) is 9.84 Å². The first-order valence-corrected chi connectivity index (χ1v) is 10.8. The largest absolute Gasteiger partial charge is 0.339 e. The molecule has 0 spiro atoms. The van der Waals surface area contributed by atoms with Crippen LogP contribution in [0.4, 0.5) is 5.95 Å². The molecule has 0 saturated carbocycles. The maximum atomic E-state index is 12.6. The molecule has 2 saturated heterocycles. The maximum Gasteiger partial charge on any atom is 0.256 e. The summed E-state index contributed by atoms with van der Waals surface area (Å²) in [5.41, 5.74) is 0.494. The Balaban J connectivity index is 1.69. The van der Waals surface area contributed by atoms with Gasteiger partial charge in [-0.3, -0.25) is 4.79 Å². The van der Waals surface area contributed by atoms with Crippen molar-refractivity contribution < 1.29 is 13.2 Å². The molecule has 2 aliphatic rings. The molecule has 1 atom stereocenters. The van der Waals surface area contributed by atoms with Gasteiger partial charge in [0.15, 0.2) is 9.84 Å². The summed E-state index contributed by atoms with van der Waals surface area (Å²) in [5.74, 6) is 1.51. The monoisotopic (exact) mass is 366 g/mol. The quantitative estimate of drug-likeness (QED) is 0.800. The van der Waals surface area contributed by atoms with E-state index in [1.165, 1.54) is 0 Å². The van der Waals surface area contributed by atoms with Crippen molar-refractivity contribution in [3.8, 4) is 0 Å². The Labute approximate surface area is 149 Å². The number of anilines is 1. The molecule has 8 heteroatoms. The summed E-state index contributed by atoms with van der Waals surface area (Å²) >= 11 is 0. The second kappa shape index (κ2) is 7.27. The van der Waals surface area contributed by atoms with Crippen molar-refractivity contribution in [1.82, 2.24) is 14.9 Å². The molecule has 3 rings (SSSR count). The molecule has 3 heterocycles. The molecule has 0 aliphatic carbocycles. The number of carbonyl (C=O) groups excluding carboxylic acids is 1. The molecule has 25 heavy (non-hydrogen) atoms. The molecule has 138 valence electrons. The average molecular weight is 366 g/mol. The number of amides is 1. The number of sulfone groups is 1. The highest BCUT2D eigenvalue weighted by atomic mass is 32.2. The number of nitrogens with zero attached hydrogens (tertiary/aromatic N) is 4. The van der Waals surface area contributed by atoms with Crippen LogP contribution >= 0.6 is 0 Å². The van der Waals surface area contributed by atoms with Crippen LogP contribution in [0.3, 0.4) is 0 Å². The van der Waals surface area contributed by atoms with E-state index in [-0.39, 0.29) is 23.5 Å². The fourth-order valence-corrected chi connectivity index (χ4v) is 5.29. The maximum absolute atomic E-state index is 12.6. The Morgan fingerprint density at radius 3 is 2.40 bits per heavy atom. The first-order chi connectivity index (χ1) is 11.9. The Hall–Kier alpha value is -1.70. The second-order valence-electron chi connectivity index (χ2n) is 7.09. The second-order valence-corrected chi connectivity index (χ2v) is 9.32. The van der Waals surface area contributed by atoms with Crippen LogP contribution in [0.5, 0.6) is 0 Å². The SMILES string of the molecule is CCN(c1ncc(C(=O)N2CCC(C)CC2)cn1)C1CCS(=O)(=O)C1. The average Bonchev–Trinajstić information content (AvgIpc) is 2.96. The zero-order valence-corrected chi connectivity index (χ0v) is 15.7. The van der Waals surface area contributed by atoms with Crippen molar-refractivity contribution in [1.29, 1.82) is 0 Å². The van der Waals surface area contributed by atoms with Crippen molar-refractivity contribution in [3.63, 3.8) is 0 Å². The molecule has 2 aliphatic heterocycles. The predicted molar refractivity (Wildman–Crippen MR) is 96.4 cm³/mol. The van der Waals surface area contributed by atoms with Crippen LogP contribution in [0.15, 0.2) is 12.4 Å². The summed E-state index contributed by atoms with van der Waals surface area (Å²) in [4.78, 5) is 25.0. The van der Waals surface area contributed by atoms with E-state index >= 15 is 0 Å². The Kier molecular flexibility index (Phi) is 5.27. The van der Waals surface area contributed by atoms with Gasteiger partial charge in [-0.05, 0) is 32.1 Å². The fraction of sp³-hybridized carbons (Fsp3) is 0.706. The Morgan fingerprint density at radius 1 is 1.24 bits per heavy atom. The van der Waals surface area contributed by atoms with Gasteiger partial charge in [-0.15, -0.1) is 0 Å². The number of rotatable bonds is 4. The van der Waals surface area contributed by atoms with E-state index in [0.29, 0.717) is 30.4 Å². The summed E-state index contributed by atoms with van der Waals surface area (Å²) < 4.78 is 23.4. The van der Waals surface area contributed by atoms with Crippen molar-refractivity contribution in [3.05, 3.63) is 18.0 Å². The van der Waals surface area contributed by atoms with Gasteiger partial charge < -0.3 is 9.80 Å². The number of likely N-dealkylation sites (tertiary alicyclic amines) is 1. The summed E-state index contributed by atoms with van der Waals surface area (Å²) in [6.07, 6.45) is 5.80. The van der Waals surface area contributed by atoms with Gasteiger partial charge in [-0.1, -0.05) is 6.92 Å². The fourth-order valence-electron chi connectivity index (χ4n) is 3.56. The van der Waals surface area contributed by atoms with Crippen molar-refractivity contribution in [2.24, 2.45) is 5.92 Å². The molecule has 1 amide bonds. The number of hydrogen-bond donors (Lipinski definition) is 0. The summed E-state index contributed by atoms with van der Waals surface area (Å²) in [5, 5.41) is 0. The first-order valence-electron chi connectivity index (χ1n) is 8.98. The number of hydrogen-bond acceptors (Lipinski definition) is 6. The molecule has 0 N–H and O–H groups in total. The van der Waals surface area contributed by atoms with Gasteiger partial charge in [-0.2, -0.15) is 0 Å². The lowest BCUT2D eigenvalue weighted by Crippen LogP contribution is -2.39. The van der Waals surface area contributed by atoms with Crippen LogP contribution in [0.1, 0.15) is 43.5 Å². The highest BCUT2D eigenvalue weighted by molar-refractivity contribution is 7.91. The van der Waals surface area contributed by atoms with E-state index in [1.807, 2.05) is 16.7 Å². The normalized spacial score (nSPS) is 23.6. The van der Waals surface area contributed by atoms with Crippen LogP contribution in [-0.4, -0.2) is 66.4 Å². The van der Waals surface area contributed by atoms with Gasteiger partial charge in [0.2, 0.25) is 5.95 Å². The molecule has 1 aromatic rings. The molecule has 2 fully saturated rings. The highest BCUT2D eigenvalue weighted by Crippen LogP contribution is 2.22. The van der Waals surface area contributed by atoms with Crippen LogP contribution in [0.2, 0.25) is 0 Å². The van der Waals surface area contributed by atoms with E-state index in [4.69, 9.17) is 0 Å². The van der Waals surface area contributed by atoms with Gasteiger partial charge >= 0.3 is 0 Å². The van der Waals surface area contributed by atoms with E-state index in [2.05, 4.69) is 16.9 Å². The van der Waals surface area contributed by atoms with E-state index in [1.54, 1.807) is 12.4 Å². The molecule has 0 bridgehead atoms. The minimum atomic E-state index is -2.96. The van der Waals surface area contributed by atoms with E-state index < -0.39 is 9.84 Å². The smallest absolute Gasteiger partial charge is 0.256 e. The third-order valence-electron chi connectivity index (χ3n) is 5.20. The predicted octanol–water partition coefficient (Wildman–Crippen LogP) is 1.36.